The van der Waals surface area contributed by atoms with Gasteiger partial charge < -0.3 is 24.1 Å². The Hall–Kier alpha value is -2.87. The third kappa shape index (κ3) is 3.67. The second-order valence-electron chi connectivity index (χ2n) is 4.59. The van der Waals surface area contributed by atoms with Crippen LogP contribution >= 0.6 is 0 Å². The summed E-state index contributed by atoms with van der Waals surface area (Å²) < 4.78 is 28.7. The van der Waals surface area contributed by atoms with Gasteiger partial charge >= 0.3 is 0 Å². The van der Waals surface area contributed by atoms with E-state index in [0.717, 1.165) is 0 Å². The van der Waals surface area contributed by atoms with Gasteiger partial charge in [-0.05, 0) is 18.2 Å². The molecule has 0 atom stereocenters. The maximum Gasteiger partial charge on any atom is 0.246 e. The second kappa shape index (κ2) is 6.93. The molecule has 2 heterocycles. The minimum absolute atomic E-state index is 0.0727. The van der Waals surface area contributed by atoms with Crippen molar-refractivity contribution >= 4 is 5.69 Å². The van der Waals surface area contributed by atoms with Gasteiger partial charge in [0.25, 0.3) is 0 Å². The maximum absolute atomic E-state index is 13.3. The van der Waals surface area contributed by atoms with Gasteiger partial charge in [-0.15, -0.1) is 0 Å². The molecule has 0 unspecified atom stereocenters. The quantitative estimate of drug-likeness (QED) is 0.691. The highest BCUT2D eigenvalue weighted by Crippen LogP contribution is 2.26. The molecule has 2 N–H and O–H groups in total. The van der Waals surface area contributed by atoms with Crippen LogP contribution in [0, 0.1) is 5.82 Å². The first-order valence-electron chi connectivity index (χ1n) is 6.88. The number of hydrogen-bond donors (Lipinski definition) is 2. The van der Waals surface area contributed by atoms with Crippen molar-refractivity contribution in [1.82, 2.24) is 10.1 Å². The Kier molecular flexibility index (Phi) is 4.53. The molecule has 3 rings (SSSR count). The SMILES string of the molecule is OCCOc1cc(F)ccc1NCc1nc(-c2ccoc2)no1. The van der Waals surface area contributed by atoms with Crippen LogP contribution in [0.4, 0.5) is 10.1 Å². The predicted octanol–water partition coefficient (Wildman–Crippen LogP) is 2.45. The van der Waals surface area contributed by atoms with Gasteiger partial charge in [-0.1, -0.05) is 5.16 Å². The van der Waals surface area contributed by atoms with Gasteiger partial charge in [0.15, 0.2) is 0 Å². The van der Waals surface area contributed by atoms with Gasteiger partial charge in [0, 0.05) is 6.07 Å². The van der Waals surface area contributed by atoms with Crippen LogP contribution in [0.3, 0.4) is 0 Å². The number of benzene rings is 1. The number of ether oxygens (including phenoxy) is 1. The van der Waals surface area contributed by atoms with E-state index < -0.39 is 5.82 Å². The average Bonchev–Trinajstić information content (AvgIpc) is 3.23. The Labute approximate surface area is 130 Å². The lowest BCUT2D eigenvalue weighted by atomic mass is 10.3. The molecule has 3 aromatic rings. The third-order valence-electron chi connectivity index (χ3n) is 2.97. The molecule has 8 heteroatoms. The predicted molar refractivity (Wildman–Crippen MR) is 78.3 cm³/mol. The fourth-order valence-corrected chi connectivity index (χ4v) is 1.92. The number of furan rings is 1. The third-order valence-corrected chi connectivity index (χ3v) is 2.97. The number of rotatable bonds is 7. The number of halogens is 1. The number of nitrogens with one attached hydrogen (secondary N) is 1. The largest absolute Gasteiger partial charge is 0.489 e. The van der Waals surface area contributed by atoms with E-state index in [9.17, 15) is 4.39 Å². The smallest absolute Gasteiger partial charge is 0.246 e. The highest BCUT2D eigenvalue weighted by Gasteiger charge is 2.11. The Morgan fingerprint density at radius 3 is 3.00 bits per heavy atom. The van der Waals surface area contributed by atoms with E-state index in [1.807, 2.05) is 0 Å². The number of hydrogen-bond acceptors (Lipinski definition) is 7. The van der Waals surface area contributed by atoms with E-state index in [1.165, 1.54) is 30.7 Å². The van der Waals surface area contributed by atoms with Crippen LogP contribution in [-0.2, 0) is 6.54 Å². The molecule has 0 amide bonds. The topological polar surface area (TPSA) is 93.6 Å². The summed E-state index contributed by atoms with van der Waals surface area (Å²) in [7, 11) is 0. The maximum atomic E-state index is 13.3. The highest BCUT2D eigenvalue weighted by atomic mass is 19.1. The van der Waals surface area contributed by atoms with Crippen molar-refractivity contribution in [3.8, 4) is 17.1 Å². The van der Waals surface area contributed by atoms with Crippen molar-refractivity contribution < 1.29 is 23.2 Å². The molecule has 0 aliphatic rings. The lowest BCUT2D eigenvalue weighted by Gasteiger charge is -2.11. The Bertz CT molecular complexity index is 758. The Balaban J connectivity index is 1.68. The molecule has 0 aliphatic carbocycles. The molecule has 0 bridgehead atoms. The molecule has 23 heavy (non-hydrogen) atoms. The lowest BCUT2D eigenvalue weighted by molar-refractivity contribution is 0.201. The van der Waals surface area contributed by atoms with E-state index in [2.05, 4.69) is 15.5 Å². The summed E-state index contributed by atoms with van der Waals surface area (Å²) in [4.78, 5) is 4.22. The fraction of sp³-hybridized carbons (Fsp3) is 0.200. The molecule has 0 aliphatic heterocycles. The molecule has 7 nitrogen and oxygen atoms in total. The van der Waals surface area contributed by atoms with E-state index >= 15 is 0 Å². The van der Waals surface area contributed by atoms with Gasteiger partial charge in [0.2, 0.25) is 11.7 Å². The molecule has 0 spiro atoms. The number of aliphatic hydroxyl groups is 1. The van der Waals surface area contributed by atoms with E-state index in [4.69, 9.17) is 18.8 Å². The van der Waals surface area contributed by atoms with Crippen LogP contribution in [0.1, 0.15) is 5.89 Å². The van der Waals surface area contributed by atoms with Crippen LogP contribution in [-0.4, -0.2) is 28.5 Å². The summed E-state index contributed by atoms with van der Waals surface area (Å²) in [5.74, 6) is 0.655. The van der Waals surface area contributed by atoms with E-state index in [-0.39, 0.29) is 19.8 Å². The fourth-order valence-electron chi connectivity index (χ4n) is 1.92. The van der Waals surface area contributed by atoms with Crippen molar-refractivity contribution in [2.45, 2.75) is 6.54 Å². The molecule has 0 saturated carbocycles. The van der Waals surface area contributed by atoms with Gasteiger partial charge in [-0.25, -0.2) is 4.39 Å². The number of nitrogens with zero attached hydrogens (tertiary/aromatic N) is 2. The Morgan fingerprint density at radius 2 is 2.22 bits per heavy atom. The van der Waals surface area contributed by atoms with Crippen LogP contribution in [0.25, 0.3) is 11.4 Å². The number of aliphatic hydroxyl groups excluding tert-OH is 1. The summed E-state index contributed by atoms with van der Waals surface area (Å²) >= 11 is 0. The molecule has 2 aromatic heterocycles. The minimum atomic E-state index is -0.427. The number of aromatic nitrogens is 2. The van der Waals surface area contributed by atoms with Gasteiger partial charge in [-0.3, -0.25) is 0 Å². The van der Waals surface area contributed by atoms with Crippen LogP contribution in [0.5, 0.6) is 5.75 Å². The van der Waals surface area contributed by atoms with Crippen molar-refractivity contribution in [1.29, 1.82) is 0 Å². The highest BCUT2D eigenvalue weighted by molar-refractivity contribution is 5.56. The lowest BCUT2D eigenvalue weighted by Crippen LogP contribution is -2.06. The van der Waals surface area contributed by atoms with Crippen molar-refractivity contribution in [2.24, 2.45) is 0 Å². The zero-order chi connectivity index (χ0) is 16.1. The minimum Gasteiger partial charge on any atom is -0.489 e. The van der Waals surface area contributed by atoms with E-state index in [1.54, 1.807) is 6.07 Å². The normalized spacial score (nSPS) is 10.7. The monoisotopic (exact) mass is 319 g/mol. The van der Waals surface area contributed by atoms with Gasteiger partial charge in [0.1, 0.15) is 24.4 Å². The first-order valence-corrected chi connectivity index (χ1v) is 6.88. The second-order valence-corrected chi connectivity index (χ2v) is 4.59. The molecule has 120 valence electrons. The van der Waals surface area contributed by atoms with E-state index in [0.29, 0.717) is 28.7 Å². The van der Waals surface area contributed by atoms with Gasteiger partial charge in [0.05, 0.1) is 30.7 Å². The molecular formula is C15H14FN3O4. The molecule has 0 radical (unpaired) electrons. The van der Waals surface area contributed by atoms with Crippen molar-refractivity contribution in [3.63, 3.8) is 0 Å². The number of anilines is 1. The van der Waals surface area contributed by atoms with Crippen LogP contribution in [0.2, 0.25) is 0 Å². The summed E-state index contributed by atoms with van der Waals surface area (Å²) in [5, 5.41) is 15.7. The molecule has 1 aromatic carbocycles. The standard InChI is InChI=1S/C15H14FN3O4/c16-11-1-2-12(13(7-11)22-6-4-20)17-8-14-18-15(19-23-14)10-3-5-21-9-10/h1-3,5,7,9,17,20H,4,6,8H2. The van der Waals surface area contributed by atoms with Crippen LogP contribution in [0.15, 0.2) is 45.7 Å². The zero-order valence-electron chi connectivity index (χ0n) is 12.0. The zero-order valence-corrected chi connectivity index (χ0v) is 12.0. The summed E-state index contributed by atoms with van der Waals surface area (Å²) in [6.45, 7) is 0.156. The Morgan fingerprint density at radius 1 is 1.30 bits per heavy atom. The average molecular weight is 319 g/mol. The van der Waals surface area contributed by atoms with Gasteiger partial charge in [-0.2, -0.15) is 4.98 Å². The summed E-state index contributed by atoms with van der Waals surface area (Å²) in [5.41, 5.74) is 1.27. The molecule has 0 fully saturated rings. The first kappa shape index (κ1) is 15.0. The summed E-state index contributed by atoms with van der Waals surface area (Å²) in [6, 6.07) is 5.81. The molecule has 0 saturated heterocycles. The van der Waals surface area contributed by atoms with Crippen molar-refractivity contribution in [3.05, 3.63) is 48.5 Å². The summed E-state index contributed by atoms with van der Waals surface area (Å²) in [6.07, 6.45) is 3.04. The van der Waals surface area contributed by atoms with Crippen molar-refractivity contribution in [2.75, 3.05) is 18.5 Å². The molecular weight excluding hydrogens is 305 g/mol. The first-order chi connectivity index (χ1) is 11.3. The van der Waals surface area contributed by atoms with Crippen LogP contribution < -0.4 is 10.1 Å².